The molecule has 0 aliphatic carbocycles. The number of amides is 1. The summed E-state index contributed by atoms with van der Waals surface area (Å²) in [6.07, 6.45) is 0. The molecule has 1 saturated heterocycles. The number of piperazine rings is 1. The van der Waals surface area contributed by atoms with Crippen LogP contribution in [0.3, 0.4) is 0 Å². The summed E-state index contributed by atoms with van der Waals surface area (Å²) in [4.78, 5) is 16.7. The van der Waals surface area contributed by atoms with Gasteiger partial charge in [-0.2, -0.15) is 5.10 Å². The van der Waals surface area contributed by atoms with Crippen LogP contribution in [0.2, 0.25) is 0 Å². The van der Waals surface area contributed by atoms with Crippen molar-refractivity contribution in [1.29, 1.82) is 0 Å². The van der Waals surface area contributed by atoms with Gasteiger partial charge in [-0.05, 0) is 19.9 Å². The highest BCUT2D eigenvalue weighted by Crippen LogP contribution is 2.12. The highest BCUT2D eigenvalue weighted by atomic mass is 16.5. The summed E-state index contributed by atoms with van der Waals surface area (Å²) in [7, 11) is 1.81. The third kappa shape index (κ3) is 3.04. The van der Waals surface area contributed by atoms with E-state index in [0.29, 0.717) is 5.69 Å². The molecule has 1 aliphatic heterocycles. The second-order valence-corrected chi connectivity index (χ2v) is 5.80. The Bertz CT molecular complexity index is 667. The lowest BCUT2D eigenvalue weighted by Crippen LogP contribution is -2.48. The highest BCUT2D eigenvalue weighted by Gasteiger charge is 2.24. The Morgan fingerprint density at radius 3 is 2.45 bits per heavy atom. The lowest BCUT2D eigenvalue weighted by atomic mass is 10.2. The fraction of sp³-hybridized carbons (Fsp3) is 0.533. The number of aryl methyl sites for hydroxylation is 3. The molecule has 7 heteroatoms. The van der Waals surface area contributed by atoms with Gasteiger partial charge in [0.15, 0.2) is 5.76 Å². The van der Waals surface area contributed by atoms with Gasteiger partial charge in [0, 0.05) is 39.3 Å². The fourth-order valence-corrected chi connectivity index (χ4v) is 2.79. The first-order valence-electron chi connectivity index (χ1n) is 7.47. The zero-order valence-electron chi connectivity index (χ0n) is 13.2. The van der Waals surface area contributed by atoms with Gasteiger partial charge in [0.05, 0.1) is 17.9 Å². The number of hydrogen-bond acceptors (Lipinski definition) is 5. The fourth-order valence-electron chi connectivity index (χ4n) is 2.79. The van der Waals surface area contributed by atoms with E-state index in [0.717, 1.165) is 49.9 Å². The largest absolute Gasteiger partial charge is 0.360 e. The molecular formula is C15H21N5O2. The average molecular weight is 303 g/mol. The van der Waals surface area contributed by atoms with E-state index in [1.165, 1.54) is 0 Å². The summed E-state index contributed by atoms with van der Waals surface area (Å²) in [5.74, 6) is 0.929. The van der Waals surface area contributed by atoms with Crippen molar-refractivity contribution in [2.45, 2.75) is 20.4 Å². The van der Waals surface area contributed by atoms with Crippen LogP contribution in [-0.2, 0) is 13.6 Å². The van der Waals surface area contributed by atoms with E-state index in [1.807, 2.05) is 37.9 Å². The van der Waals surface area contributed by atoms with Crippen LogP contribution in [0.5, 0.6) is 0 Å². The van der Waals surface area contributed by atoms with Crippen molar-refractivity contribution in [1.82, 2.24) is 24.7 Å². The molecule has 0 unspecified atom stereocenters. The molecule has 3 rings (SSSR count). The minimum Gasteiger partial charge on any atom is -0.360 e. The lowest BCUT2D eigenvalue weighted by Gasteiger charge is -2.34. The predicted octanol–water partition coefficient (Wildman–Crippen LogP) is 0.983. The van der Waals surface area contributed by atoms with Gasteiger partial charge in [0.25, 0.3) is 5.91 Å². The summed E-state index contributed by atoms with van der Waals surface area (Å²) in [5, 5.41) is 8.14. The molecular weight excluding hydrogens is 282 g/mol. The van der Waals surface area contributed by atoms with Crippen LogP contribution in [-0.4, -0.2) is 56.8 Å². The SMILES string of the molecule is Cc1cc(CN2CCN(C(=O)c3cc(C)nn3C)CC2)on1. The maximum absolute atomic E-state index is 12.5. The van der Waals surface area contributed by atoms with Crippen LogP contribution in [0.25, 0.3) is 0 Å². The number of aromatic nitrogens is 3. The standard InChI is InChI=1S/C15H21N5O2/c1-11-9-14(18(3)16-11)15(21)20-6-4-19(5-7-20)10-13-8-12(2)17-22-13/h8-9H,4-7,10H2,1-3H3. The van der Waals surface area contributed by atoms with E-state index in [9.17, 15) is 4.79 Å². The predicted molar refractivity (Wildman–Crippen MR) is 80.4 cm³/mol. The van der Waals surface area contributed by atoms with Crippen LogP contribution < -0.4 is 0 Å². The van der Waals surface area contributed by atoms with Crippen LogP contribution in [0.1, 0.15) is 27.6 Å². The minimum atomic E-state index is 0.0539. The van der Waals surface area contributed by atoms with Gasteiger partial charge in [-0.3, -0.25) is 14.4 Å². The van der Waals surface area contributed by atoms with Gasteiger partial charge in [0.2, 0.25) is 0 Å². The molecule has 0 bridgehead atoms. The minimum absolute atomic E-state index is 0.0539. The monoisotopic (exact) mass is 303 g/mol. The zero-order valence-corrected chi connectivity index (χ0v) is 13.2. The van der Waals surface area contributed by atoms with Crippen molar-refractivity contribution >= 4 is 5.91 Å². The molecule has 0 radical (unpaired) electrons. The highest BCUT2D eigenvalue weighted by molar-refractivity contribution is 5.92. The van der Waals surface area contributed by atoms with Crippen molar-refractivity contribution in [3.8, 4) is 0 Å². The Hall–Kier alpha value is -2.15. The Morgan fingerprint density at radius 1 is 1.18 bits per heavy atom. The molecule has 1 fully saturated rings. The number of rotatable bonds is 3. The van der Waals surface area contributed by atoms with E-state index in [-0.39, 0.29) is 5.91 Å². The normalized spacial score (nSPS) is 16.2. The number of nitrogens with zero attached hydrogens (tertiary/aromatic N) is 5. The van der Waals surface area contributed by atoms with Crippen molar-refractivity contribution < 1.29 is 9.32 Å². The van der Waals surface area contributed by atoms with Crippen molar-refractivity contribution in [2.75, 3.05) is 26.2 Å². The van der Waals surface area contributed by atoms with Gasteiger partial charge in [-0.1, -0.05) is 5.16 Å². The molecule has 0 saturated carbocycles. The summed E-state index contributed by atoms with van der Waals surface area (Å²) in [5.41, 5.74) is 2.41. The first kappa shape index (κ1) is 14.8. The number of hydrogen-bond donors (Lipinski definition) is 0. The van der Waals surface area contributed by atoms with E-state index >= 15 is 0 Å². The molecule has 0 atom stereocenters. The van der Waals surface area contributed by atoms with E-state index in [4.69, 9.17) is 4.52 Å². The second kappa shape index (κ2) is 5.92. The number of carbonyl (C=O) groups excluding carboxylic acids is 1. The summed E-state index contributed by atoms with van der Waals surface area (Å²) in [6.45, 7) is 7.66. The van der Waals surface area contributed by atoms with Gasteiger partial charge >= 0.3 is 0 Å². The third-order valence-electron chi connectivity index (χ3n) is 3.94. The lowest BCUT2D eigenvalue weighted by molar-refractivity contribution is 0.0607. The molecule has 0 spiro atoms. The van der Waals surface area contributed by atoms with Crippen LogP contribution >= 0.6 is 0 Å². The van der Waals surface area contributed by atoms with E-state index < -0.39 is 0 Å². The maximum Gasteiger partial charge on any atom is 0.272 e. The Labute approximate surface area is 129 Å². The molecule has 2 aromatic heterocycles. The summed E-state index contributed by atoms with van der Waals surface area (Å²) < 4.78 is 6.90. The molecule has 3 heterocycles. The average Bonchev–Trinajstić information content (AvgIpc) is 3.04. The van der Waals surface area contributed by atoms with Crippen LogP contribution in [0.15, 0.2) is 16.7 Å². The van der Waals surface area contributed by atoms with Crippen LogP contribution in [0.4, 0.5) is 0 Å². The molecule has 1 amide bonds. The van der Waals surface area contributed by atoms with E-state index in [1.54, 1.807) is 4.68 Å². The smallest absolute Gasteiger partial charge is 0.272 e. The third-order valence-corrected chi connectivity index (χ3v) is 3.94. The molecule has 22 heavy (non-hydrogen) atoms. The molecule has 2 aromatic rings. The van der Waals surface area contributed by atoms with Crippen molar-refractivity contribution in [3.05, 3.63) is 35.0 Å². The number of carbonyl (C=O) groups is 1. The Morgan fingerprint density at radius 2 is 1.91 bits per heavy atom. The van der Waals surface area contributed by atoms with Gasteiger partial charge in [-0.15, -0.1) is 0 Å². The molecule has 1 aliphatic rings. The molecule has 0 N–H and O–H groups in total. The zero-order chi connectivity index (χ0) is 15.7. The second-order valence-electron chi connectivity index (χ2n) is 5.80. The molecule has 118 valence electrons. The summed E-state index contributed by atoms with van der Waals surface area (Å²) >= 11 is 0. The first-order chi connectivity index (χ1) is 10.5. The molecule has 0 aromatic carbocycles. The topological polar surface area (TPSA) is 67.4 Å². The maximum atomic E-state index is 12.5. The van der Waals surface area contributed by atoms with Crippen molar-refractivity contribution in [3.63, 3.8) is 0 Å². The van der Waals surface area contributed by atoms with Gasteiger partial charge in [-0.25, -0.2) is 0 Å². The first-order valence-corrected chi connectivity index (χ1v) is 7.47. The quantitative estimate of drug-likeness (QED) is 0.845. The molecule has 7 nitrogen and oxygen atoms in total. The van der Waals surface area contributed by atoms with Crippen LogP contribution in [0, 0.1) is 13.8 Å². The van der Waals surface area contributed by atoms with E-state index in [2.05, 4.69) is 15.2 Å². The summed E-state index contributed by atoms with van der Waals surface area (Å²) in [6, 6.07) is 3.79. The van der Waals surface area contributed by atoms with Gasteiger partial charge in [0.1, 0.15) is 5.69 Å². The van der Waals surface area contributed by atoms with Crippen molar-refractivity contribution in [2.24, 2.45) is 7.05 Å². The van der Waals surface area contributed by atoms with Gasteiger partial charge < -0.3 is 9.42 Å². The Balaban J connectivity index is 1.57. The Kier molecular flexibility index (Phi) is 3.98.